The van der Waals surface area contributed by atoms with Crippen molar-refractivity contribution in [1.82, 2.24) is 19.9 Å². The van der Waals surface area contributed by atoms with E-state index >= 15 is 0 Å². The first-order valence-electron chi connectivity index (χ1n) is 7.02. The van der Waals surface area contributed by atoms with Gasteiger partial charge in [0.25, 0.3) is 5.88 Å². The van der Waals surface area contributed by atoms with Crippen molar-refractivity contribution in [2.75, 3.05) is 37.6 Å². The van der Waals surface area contributed by atoms with Gasteiger partial charge in [0.05, 0.1) is 13.3 Å². The standard InChI is InChI=1S/C14H21N7O2/c1-7(2)9-12(20-11(21(3)4)13(18-9)22-5)23-8-6-17-14(16)19-10(8)15/h6-7H,1-5H3,(H4,15,16,17,19). The molecule has 2 aromatic heterocycles. The Morgan fingerprint density at radius 3 is 2.30 bits per heavy atom. The van der Waals surface area contributed by atoms with E-state index in [0.29, 0.717) is 23.3 Å². The molecule has 0 unspecified atom stereocenters. The summed E-state index contributed by atoms with van der Waals surface area (Å²) in [7, 11) is 5.23. The number of nitrogen functional groups attached to an aromatic ring is 2. The molecule has 0 spiro atoms. The van der Waals surface area contributed by atoms with Crippen LogP contribution in [-0.4, -0.2) is 41.1 Å². The highest BCUT2D eigenvalue weighted by molar-refractivity contribution is 5.53. The maximum atomic E-state index is 5.81. The van der Waals surface area contributed by atoms with E-state index in [4.69, 9.17) is 20.9 Å². The van der Waals surface area contributed by atoms with Gasteiger partial charge in [0.2, 0.25) is 11.8 Å². The highest BCUT2D eigenvalue weighted by Gasteiger charge is 2.20. The van der Waals surface area contributed by atoms with Gasteiger partial charge in [-0.05, 0) is 0 Å². The second-order valence-corrected chi connectivity index (χ2v) is 5.38. The summed E-state index contributed by atoms with van der Waals surface area (Å²) in [5.41, 5.74) is 11.9. The first-order valence-corrected chi connectivity index (χ1v) is 7.02. The molecule has 0 amide bonds. The third-order valence-electron chi connectivity index (χ3n) is 3.01. The van der Waals surface area contributed by atoms with Gasteiger partial charge in [0.1, 0.15) is 5.69 Å². The van der Waals surface area contributed by atoms with Crippen molar-refractivity contribution in [3.63, 3.8) is 0 Å². The summed E-state index contributed by atoms with van der Waals surface area (Å²) in [5, 5.41) is 0. The topological polar surface area (TPSA) is 125 Å². The van der Waals surface area contributed by atoms with E-state index in [1.165, 1.54) is 6.20 Å². The van der Waals surface area contributed by atoms with Crippen molar-refractivity contribution < 1.29 is 9.47 Å². The maximum Gasteiger partial charge on any atom is 0.257 e. The van der Waals surface area contributed by atoms with E-state index in [9.17, 15) is 0 Å². The number of rotatable bonds is 5. The first kappa shape index (κ1) is 16.5. The Labute approximate surface area is 134 Å². The molecule has 2 heterocycles. The van der Waals surface area contributed by atoms with E-state index in [1.54, 1.807) is 12.0 Å². The van der Waals surface area contributed by atoms with Gasteiger partial charge in [-0.25, -0.2) is 9.97 Å². The fraction of sp³-hybridized carbons (Fsp3) is 0.429. The number of nitrogens with zero attached hydrogens (tertiary/aromatic N) is 5. The zero-order valence-electron chi connectivity index (χ0n) is 13.9. The van der Waals surface area contributed by atoms with E-state index in [0.717, 1.165) is 0 Å². The second-order valence-electron chi connectivity index (χ2n) is 5.38. The average molecular weight is 319 g/mol. The van der Waals surface area contributed by atoms with Crippen LogP contribution in [0, 0.1) is 0 Å². The molecule has 0 saturated heterocycles. The molecule has 9 nitrogen and oxygen atoms in total. The molecule has 2 rings (SSSR count). The van der Waals surface area contributed by atoms with Gasteiger partial charge in [-0.15, -0.1) is 0 Å². The normalized spacial score (nSPS) is 10.7. The van der Waals surface area contributed by atoms with E-state index < -0.39 is 0 Å². The van der Waals surface area contributed by atoms with Crippen molar-refractivity contribution >= 4 is 17.6 Å². The van der Waals surface area contributed by atoms with Crippen LogP contribution in [0.25, 0.3) is 0 Å². The molecule has 0 atom stereocenters. The minimum atomic E-state index is 0.0681. The largest absolute Gasteiger partial charge is 0.478 e. The summed E-state index contributed by atoms with van der Waals surface area (Å²) in [6.45, 7) is 3.96. The summed E-state index contributed by atoms with van der Waals surface area (Å²) >= 11 is 0. The Morgan fingerprint density at radius 2 is 1.78 bits per heavy atom. The SMILES string of the molecule is COc1nc(C(C)C)c(Oc2cnc(N)nc2N)nc1N(C)C. The molecule has 23 heavy (non-hydrogen) atoms. The van der Waals surface area contributed by atoms with Crippen LogP contribution in [0.1, 0.15) is 25.5 Å². The molecule has 0 aromatic carbocycles. The van der Waals surface area contributed by atoms with Gasteiger partial charge >= 0.3 is 0 Å². The molecule has 9 heteroatoms. The van der Waals surface area contributed by atoms with Crippen molar-refractivity contribution in [2.45, 2.75) is 19.8 Å². The second kappa shape index (κ2) is 6.51. The van der Waals surface area contributed by atoms with Crippen LogP contribution in [0.15, 0.2) is 6.20 Å². The van der Waals surface area contributed by atoms with Crippen molar-refractivity contribution in [3.05, 3.63) is 11.9 Å². The Bertz CT molecular complexity index is 704. The summed E-state index contributed by atoms with van der Waals surface area (Å²) in [6.07, 6.45) is 1.41. The highest BCUT2D eigenvalue weighted by atomic mass is 16.5. The summed E-state index contributed by atoms with van der Waals surface area (Å²) in [4.78, 5) is 18.5. The lowest BCUT2D eigenvalue weighted by molar-refractivity contribution is 0.384. The van der Waals surface area contributed by atoms with Crippen LogP contribution in [-0.2, 0) is 0 Å². The molecule has 124 valence electrons. The third kappa shape index (κ3) is 3.50. The number of anilines is 3. The lowest BCUT2D eigenvalue weighted by Gasteiger charge is -2.19. The van der Waals surface area contributed by atoms with Gasteiger partial charge < -0.3 is 25.8 Å². The summed E-state index contributed by atoms with van der Waals surface area (Å²) < 4.78 is 11.1. The Hall–Kier alpha value is -2.84. The molecule has 0 radical (unpaired) electrons. The minimum absolute atomic E-state index is 0.0681. The molecule has 0 aliphatic rings. The van der Waals surface area contributed by atoms with Crippen LogP contribution in [0.3, 0.4) is 0 Å². The predicted molar refractivity (Wildman–Crippen MR) is 87.9 cm³/mol. The van der Waals surface area contributed by atoms with Gasteiger partial charge in [-0.3, -0.25) is 0 Å². The monoisotopic (exact) mass is 319 g/mol. The van der Waals surface area contributed by atoms with Crippen LogP contribution in [0.2, 0.25) is 0 Å². The molecule has 4 N–H and O–H groups in total. The summed E-state index contributed by atoms with van der Waals surface area (Å²) in [5.74, 6) is 1.84. The Balaban J connectivity index is 2.52. The first-order chi connectivity index (χ1) is 10.8. The number of ether oxygens (including phenoxy) is 2. The van der Waals surface area contributed by atoms with Crippen LogP contribution in [0.4, 0.5) is 17.6 Å². The van der Waals surface area contributed by atoms with Crippen LogP contribution >= 0.6 is 0 Å². The van der Waals surface area contributed by atoms with Crippen molar-refractivity contribution in [2.24, 2.45) is 0 Å². The van der Waals surface area contributed by atoms with Gasteiger partial charge in [-0.1, -0.05) is 13.8 Å². The summed E-state index contributed by atoms with van der Waals surface area (Å²) in [6, 6.07) is 0. The van der Waals surface area contributed by atoms with Crippen molar-refractivity contribution in [1.29, 1.82) is 0 Å². The molecule has 0 saturated carbocycles. The van der Waals surface area contributed by atoms with Gasteiger partial charge in [0, 0.05) is 20.0 Å². The zero-order chi connectivity index (χ0) is 17.1. The molecule has 0 bridgehead atoms. The Morgan fingerprint density at radius 1 is 1.09 bits per heavy atom. The van der Waals surface area contributed by atoms with Crippen LogP contribution < -0.4 is 25.8 Å². The average Bonchev–Trinajstić information content (AvgIpc) is 2.49. The predicted octanol–water partition coefficient (Wildman–Crippen LogP) is 1.42. The van der Waals surface area contributed by atoms with Gasteiger partial charge in [-0.2, -0.15) is 9.97 Å². The molecule has 0 fully saturated rings. The number of methoxy groups -OCH3 is 1. The molecule has 0 aliphatic heterocycles. The zero-order valence-corrected chi connectivity index (χ0v) is 13.9. The Kier molecular flexibility index (Phi) is 4.68. The number of aromatic nitrogens is 4. The molecule has 0 aliphatic carbocycles. The molecule has 2 aromatic rings. The number of nitrogens with two attached hydrogens (primary N) is 2. The lowest BCUT2D eigenvalue weighted by Crippen LogP contribution is -2.15. The molecular weight excluding hydrogens is 298 g/mol. The number of hydrogen-bond donors (Lipinski definition) is 2. The highest BCUT2D eigenvalue weighted by Crippen LogP contribution is 2.34. The van der Waals surface area contributed by atoms with Crippen LogP contribution in [0.5, 0.6) is 17.5 Å². The van der Waals surface area contributed by atoms with Crippen molar-refractivity contribution in [3.8, 4) is 17.5 Å². The van der Waals surface area contributed by atoms with Gasteiger partial charge in [0.15, 0.2) is 17.4 Å². The quantitative estimate of drug-likeness (QED) is 0.841. The third-order valence-corrected chi connectivity index (χ3v) is 3.01. The van der Waals surface area contributed by atoms with E-state index in [-0.39, 0.29) is 23.4 Å². The molecular formula is C14H21N7O2. The maximum absolute atomic E-state index is 5.81. The van der Waals surface area contributed by atoms with E-state index in [2.05, 4.69) is 19.9 Å². The number of hydrogen-bond acceptors (Lipinski definition) is 9. The fourth-order valence-corrected chi connectivity index (χ4v) is 1.87. The van der Waals surface area contributed by atoms with E-state index in [1.807, 2.05) is 27.9 Å². The minimum Gasteiger partial charge on any atom is -0.478 e. The fourth-order valence-electron chi connectivity index (χ4n) is 1.87. The smallest absolute Gasteiger partial charge is 0.257 e. The lowest BCUT2D eigenvalue weighted by atomic mass is 10.1.